The number of hydrogen-bond donors (Lipinski definition) is 2. The third-order valence-electron chi connectivity index (χ3n) is 4.41. The first-order valence-electron chi connectivity index (χ1n) is 7.93. The molecule has 1 amide bonds. The topological polar surface area (TPSA) is 84.9 Å². The Labute approximate surface area is 134 Å². The molecule has 1 aromatic rings. The van der Waals surface area contributed by atoms with E-state index in [-0.39, 0.29) is 12.6 Å². The first kappa shape index (κ1) is 15.6. The van der Waals surface area contributed by atoms with Gasteiger partial charge in [-0.15, -0.1) is 0 Å². The smallest absolute Gasteiger partial charge is 0.319 e. The van der Waals surface area contributed by atoms with Gasteiger partial charge in [-0.25, -0.2) is 0 Å². The van der Waals surface area contributed by atoms with Crippen LogP contribution in [-0.4, -0.2) is 29.7 Å². The molecule has 23 heavy (non-hydrogen) atoms. The maximum atomic E-state index is 12.1. The number of carboxylic acids is 1. The number of carbonyl (C=O) groups is 2. The molecule has 1 unspecified atom stereocenters. The molecule has 0 spiro atoms. The minimum absolute atomic E-state index is 0.131. The van der Waals surface area contributed by atoms with Gasteiger partial charge in [0.1, 0.15) is 23.0 Å². The molecule has 1 aliphatic heterocycles. The molecule has 0 radical (unpaired) electrons. The number of carbonyl (C=O) groups excluding carboxylic acids is 1. The lowest BCUT2D eigenvalue weighted by Crippen LogP contribution is -2.36. The predicted molar refractivity (Wildman–Crippen MR) is 82.6 cm³/mol. The molecule has 2 N–H and O–H groups in total. The van der Waals surface area contributed by atoms with Crippen LogP contribution in [0.5, 0.6) is 11.5 Å². The Bertz CT molecular complexity index is 651. The summed E-state index contributed by atoms with van der Waals surface area (Å²) in [5, 5.41) is 11.9. The third kappa shape index (κ3) is 2.85. The van der Waals surface area contributed by atoms with E-state index in [2.05, 4.69) is 5.32 Å². The van der Waals surface area contributed by atoms with Crippen molar-refractivity contribution in [1.82, 2.24) is 5.32 Å². The summed E-state index contributed by atoms with van der Waals surface area (Å²) in [6.45, 7) is 4.66. The summed E-state index contributed by atoms with van der Waals surface area (Å²) in [5.41, 5.74) is 0.669. The summed E-state index contributed by atoms with van der Waals surface area (Å²) in [6.07, 6.45) is 1.77. The fourth-order valence-electron chi connectivity index (χ4n) is 2.92. The number of amides is 1. The van der Waals surface area contributed by atoms with E-state index in [1.54, 1.807) is 0 Å². The zero-order valence-corrected chi connectivity index (χ0v) is 13.3. The highest BCUT2D eigenvalue weighted by Gasteiger charge is 2.56. The molecule has 0 saturated heterocycles. The minimum atomic E-state index is -1.23. The molecule has 3 rings (SSSR count). The molecule has 6 nitrogen and oxygen atoms in total. The minimum Gasteiger partial charge on any atom is -0.494 e. The molecule has 1 aromatic carbocycles. The quantitative estimate of drug-likeness (QED) is 0.782. The number of benzene rings is 1. The van der Waals surface area contributed by atoms with E-state index in [1.165, 1.54) is 0 Å². The number of fused-ring (bicyclic) bond motifs is 1. The fourth-order valence-corrected chi connectivity index (χ4v) is 2.92. The second-order valence-electron chi connectivity index (χ2n) is 6.20. The van der Waals surface area contributed by atoms with E-state index in [0.29, 0.717) is 25.2 Å². The van der Waals surface area contributed by atoms with E-state index in [9.17, 15) is 9.59 Å². The van der Waals surface area contributed by atoms with E-state index >= 15 is 0 Å². The molecule has 0 bridgehead atoms. The summed E-state index contributed by atoms with van der Waals surface area (Å²) < 4.78 is 11.4. The maximum Gasteiger partial charge on any atom is 0.319 e. The number of rotatable bonds is 6. The SMILES string of the molecule is CCOc1cc2c(cc1CNC(=O)C1(C(=O)O)CC1)OC(C)C2. The van der Waals surface area contributed by atoms with Gasteiger partial charge in [-0.3, -0.25) is 9.59 Å². The van der Waals surface area contributed by atoms with E-state index in [4.69, 9.17) is 14.6 Å². The fraction of sp³-hybridized carbons (Fsp3) is 0.529. The molecule has 0 aromatic heterocycles. The standard InChI is InChI=1S/C17H21NO5/c1-3-22-13-7-11-6-10(2)23-14(11)8-12(13)9-18-15(19)17(4-5-17)16(20)21/h7-8,10H,3-6,9H2,1-2H3,(H,18,19)(H,20,21). The monoisotopic (exact) mass is 319 g/mol. The van der Waals surface area contributed by atoms with Crippen molar-refractivity contribution in [3.05, 3.63) is 23.3 Å². The van der Waals surface area contributed by atoms with Crippen molar-refractivity contribution in [2.75, 3.05) is 6.61 Å². The van der Waals surface area contributed by atoms with Crippen molar-refractivity contribution in [2.45, 2.75) is 45.8 Å². The lowest BCUT2D eigenvalue weighted by Gasteiger charge is -2.15. The van der Waals surface area contributed by atoms with Crippen LogP contribution in [0.3, 0.4) is 0 Å². The van der Waals surface area contributed by atoms with Crippen LogP contribution in [0.25, 0.3) is 0 Å². The van der Waals surface area contributed by atoms with E-state index in [0.717, 1.165) is 23.3 Å². The Hall–Kier alpha value is -2.24. The first-order valence-corrected chi connectivity index (χ1v) is 7.93. The lowest BCUT2D eigenvalue weighted by molar-refractivity contribution is -0.149. The number of nitrogens with one attached hydrogen (secondary N) is 1. The number of hydrogen-bond acceptors (Lipinski definition) is 4. The summed E-state index contributed by atoms with van der Waals surface area (Å²) in [5.74, 6) is 0.0439. The van der Waals surface area contributed by atoms with Gasteiger partial charge in [0.15, 0.2) is 0 Å². The van der Waals surface area contributed by atoms with Gasteiger partial charge in [-0.2, -0.15) is 0 Å². The van der Waals surface area contributed by atoms with Crippen LogP contribution in [0, 0.1) is 5.41 Å². The van der Waals surface area contributed by atoms with Crippen molar-refractivity contribution in [1.29, 1.82) is 0 Å². The van der Waals surface area contributed by atoms with Crippen molar-refractivity contribution in [3.8, 4) is 11.5 Å². The average Bonchev–Trinajstić information content (AvgIpc) is 3.23. The highest BCUT2D eigenvalue weighted by molar-refractivity contribution is 6.04. The van der Waals surface area contributed by atoms with Gasteiger partial charge in [0.05, 0.1) is 6.61 Å². The molecular weight excluding hydrogens is 298 g/mol. The van der Waals surface area contributed by atoms with E-state index < -0.39 is 17.3 Å². The van der Waals surface area contributed by atoms with Gasteiger partial charge in [-0.05, 0) is 38.8 Å². The third-order valence-corrected chi connectivity index (χ3v) is 4.41. The van der Waals surface area contributed by atoms with Crippen LogP contribution in [0.2, 0.25) is 0 Å². The van der Waals surface area contributed by atoms with Gasteiger partial charge in [0.2, 0.25) is 5.91 Å². The van der Waals surface area contributed by atoms with Gasteiger partial charge >= 0.3 is 5.97 Å². The normalized spacial score (nSPS) is 20.3. The molecule has 1 aliphatic carbocycles. The van der Waals surface area contributed by atoms with Gasteiger partial charge in [0.25, 0.3) is 0 Å². The number of ether oxygens (including phenoxy) is 2. The Morgan fingerprint density at radius 3 is 2.78 bits per heavy atom. The molecular formula is C17H21NO5. The van der Waals surface area contributed by atoms with Gasteiger partial charge in [0, 0.05) is 24.1 Å². The highest BCUT2D eigenvalue weighted by Crippen LogP contribution is 2.46. The molecule has 1 fully saturated rings. The van der Waals surface area contributed by atoms with Crippen LogP contribution >= 0.6 is 0 Å². The average molecular weight is 319 g/mol. The second kappa shape index (κ2) is 5.76. The Balaban J connectivity index is 1.76. The molecule has 1 saturated carbocycles. The van der Waals surface area contributed by atoms with Crippen molar-refractivity contribution in [2.24, 2.45) is 5.41 Å². The Morgan fingerprint density at radius 1 is 1.43 bits per heavy atom. The molecule has 6 heteroatoms. The largest absolute Gasteiger partial charge is 0.494 e. The lowest BCUT2D eigenvalue weighted by atomic mass is 10.0. The summed E-state index contributed by atoms with van der Waals surface area (Å²) in [7, 11) is 0. The Morgan fingerprint density at radius 2 is 2.17 bits per heavy atom. The van der Waals surface area contributed by atoms with Crippen LogP contribution in [0.1, 0.15) is 37.8 Å². The predicted octanol–water partition coefficient (Wildman–Crippen LogP) is 1.89. The van der Waals surface area contributed by atoms with Crippen LogP contribution < -0.4 is 14.8 Å². The van der Waals surface area contributed by atoms with Gasteiger partial charge in [-0.1, -0.05) is 0 Å². The summed E-state index contributed by atoms with van der Waals surface area (Å²) in [4.78, 5) is 23.3. The number of aliphatic carboxylic acids is 1. The maximum absolute atomic E-state index is 12.1. The molecule has 1 atom stereocenters. The van der Waals surface area contributed by atoms with E-state index in [1.807, 2.05) is 26.0 Å². The van der Waals surface area contributed by atoms with Crippen LogP contribution in [0.4, 0.5) is 0 Å². The van der Waals surface area contributed by atoms with Crippen LogP contribution in [-0.2, 0) is 22.6 Å². The van der Waals surface area contributed by atoms with Crippen molar-refractivity contribution in [3.63, 3.8) is 0 Å². The first-order chi connectivity index (χ1) is 11.0. The molecule has 2 aliphatic rings. The molecule has 124 valence electrons. The Kier molecular flexibility index (Phi) is 3.92. The van der Waals surface area contributed by atoms with Crippen molar-refractivity contribution >= 4 is 11.9 Å². The summed E-state index contributed by atoms with van der Waals surface area (Å²) >= 11 is 0. The second-order valence-corrected chi connectivity index (χ2v) is 6.20. The van der Waals surface area contributed by atoms with Crippen LogP contribution in [0.15, 0.2) is 12.1 Å². The zero-order valence-electron chi connectivity index (χ0n) is 13.3. The van der Waals surface area contributed by atoms with Crippen molar-refractivity contribution < 1.29 is 24.2 Å². The molecule has 1 heterocycles. The van der Waals surface area contributed by atoms with Gasteiger partial charge < -0.3 is 19.9 Å². The summed E-state index contributed by atoms with van der Waals surface area (Å²) in [6, 6.07) is 3.83. The highest BCUT2D eigenvalue weighted by atomic mass is 16.5. The zero-order chi connectivity index (χ0) is 16.6. The number of carboxylic acid groups (broad SMARTS) is 1.